The molecule has 0 aliphatic heterocycles. The van der Waals surface area contributed by atoms with Gasteiger partial charge in [0.2, 0.25) is 5.82 Å². The van der Waals surface area contributed by atoms with Crippen LogP contribution in [0.1, 0.15) is 55.5 Å². The van der Waals surface area contributed by atoms with Crippen molar-refractivity contribution in [2.45, 2.75) is 44.1 Å². The SMILES string of the molecule is CC1CCCC(O)(C#Cc2nc(NCC(c3ccccc3)c3ccccc3)c3nc[nH]c3n2)C1. The summed E-state index contributed by atoms with van der Waals surface area (Å²) in [5.74, 6) is 7.73. The van der Waals surface area contributed by atoms with Gasteiger partial charge in [-0.25, -0.2) is 15.0 Å². The molecule has 3 N–H and O–H groups in total. The van der Waals surface area contributed by atoms with Crippen LogP contribution in [0, 0.1) is 17.8 Å². The fourth-order valence-electron chi connectivity index (χ4n) is 4.82. The summed E-state index contributed by atoms with van der Waals surface area (Å²) >= 11 is 0. The Morgan fingerprint density at radius 2 is 1.79 bits per heavy atom. The van der Waals surface area contributed by atoms with Crippen LogP contribution in [0.2, 0.25) is 0 Å². The van der Waals surface area contributed by atoms with Gasteiger partial charge in [0, 0.05) is 12.5 Å². The Morgan fingerprint density at radius 3 is 2.47 bits per heavy atom. The predicted octanol–water partition coefficient (Wildman–Crippen LogP) is 4.89. The highest BCUT2D eigenvalue weighted by atomic mass is 16.3. The number of aromatic amines is 1. The third-order valence-corrected chi connectivity index (χ3v) is 6.54. The van der Waals surface area contributed by atoms with Crippen LogP contribution in [0.5, 0.6) is 0 Å². The Labute approximate surface area is 199 Å². The molecule has 0 bridgehead atoms. The lowest BCUT2D eigenvalue weighted by molar-refractivity contribution is 0.0410. The molecule has 0 saturated heterocycles. The molecule has 172 valence electrons. The second kappa shape index (κ2) is 9.66. The van der Waals surface area contributed by atoms with Crippen LogP contribution >= 0.6 is 0 Å². The van der Waals surface area contributed by atoms with Crippen molar-refractivity contribution in [1.82, 2.24) is 19.9 Å². The van der Waals surface area contributed by atoms with Crippen LogP contribution in [-0.4, -0.2) is 37.2 Å². The van der Waals surface area contributed by atoms with Crippen LogP contribution < -0.4 is 5.32 Å². The van der Waals surface area contributed by atoms with Gasteiger partial charge in [0.05, 0.1) is 6.33 Å². The zero-order chi connectivity index (χ0) is 23.4. The minimum atomic E-state index is -0.969. The third-order valence-electron chi connectivity index (χ3n) is 6.54. The number of nitrogens with zero attached hydrogens (tertiary/aromatic N) is 3. The van der Waals surface area contributed by atoms with Gasteiger partial charge >= 0.3 is 0 Å². The molecule has 0 radical (unpaired) electrons. The van der Waals surface area contributed by atoms with E-state index in [1.807, 2.05) is 12.1 Å². The van der Waals surface area contributed by atoms with Crippen molar-refractivity contribution in [3.63, 3.8) is 0 Å². The summed E-state index contributed by atoms with van der Waals surface area (Å²) in [5, 5.41) is 14.4. The molecular weight excluding hydrogens is 422 g/mol. The van der Waals surface area contributed by atoms with Crippen molar-refractivity contribution in [2.24, 2.45) is 5.92 Å². The standard InChI is InChI=1S/C28H29N5O/c1-20-9-8-15-28(34,17-20)16-14-24-32-26(25-27(33-24)31-19-30-25)29-18-23(21-10-4-2-5-11-21)22-12-6-3-7-13-22/h2-7,10-13,19-20,23,34H,8-9,15,17-18H2,1H3,(H2,29,30,31,32,33). The topological polar surface area (TPSA) is 86.7 Å². The van der Waals surface area contributed by atoms with E-state index in [0.29, 0.717) is 48.1 Å². The summed E-state index contributed by atoms with van der Waals surface area (Å²) in [7, 11) is 0. The van der Waals surface area contributed by atoms with Gasteiger partial charge in [0.1, 0.15) is 11.1 Å². The van der Waals surface area contributed by atoms with Gasteiger partial charge < -0.3 is 15.4 Å². The normalized spacial score (nSPS) is 20.1. The Bertz CT molecular complexity index is 1270. The number of rotatable bonds is 5. The molecule has 2 atom stereocenters. The van der Waals surface area contributed by atoms with E-state index in [1.165, 1.54) is 11.1 Å². The van der Waals surface area contributed by atoms with Crippen LogP contribution in [0.25, 0.3) is 11.2 Å². The second-order valence-electron chi connectivity index (χ2n) is 9.23. The maximum atomic E-state index is 10.9. The Kier molecular flexibility index (Phi) is 6.29. The highest BCUT2D eigenvalue weighted by Gasteiger charge is 2.30. The quantitative estimate of drug-likeness (QED) is 0.376. The monoisotopic (exact) mass is 451 g/mol. The van der Waals surface area contributed by atoms with E-state index < -0.39 is 5.60 Å². The molecule has 1 fully saturated rings. The lowest BCUT2D eigenvalue weighted by Gasteiger charge is -2.30. The second-order valence-corrected chi connectivity index (χ2v) is 9.23. The van der Waals surface area contributed by atoms with E-state index in [4.69, 9.17) is 0 Å². The third kappa shape index (κ3) is 4.95. The van der Waals surface area contributed by atoms with Crippen molar-refractivity contribution in [1.29, 1.82) is 0 Å². The predicted molar refractivity (Wildman–Crippen MR) is 134 cm³/mol. The lowest BCUT2D eigenvalue weighted by atomic mass is 9.79. The summed E-state index contributed by atoms with van der Waals surface area (Å²) in [5.41, 5.74) is 2.78. The molecule has 1 aliphatic rings. The Hall–Kier alpha value is -3.69. The lowest BCUT2D eigenvalue weighted by Crippen LogP contribution is -2.32. The maximum Gasteiger partial charge on any atom is 0.209 e. The molecule has 6 heteroatoms. The molecule has 2 aromatic carbocycles. The maximum absolute atomic E-state index is 10.9. The van der Waals surface area contributed by atoms with Crippen LogP contribution in [0.3, 0.4) is 0 Å². The summed E-state index contributed by atoms with van der Waals surface area (Å²) < 4.78 is 0. The molecule has 0 spiro atoms. The Balaban J connectivity index is 1.43. The first-order chi connectivity index (χ1) is 16.6. The van der Waals surface area contributed by atoms with Crippen molar-refractivity contribution in [3.05, 3.63) is 83.9 Å². The van der Waals surface area contributed by atoms with Gasteiger partial charge in [-0.3, -0.25) is 0 Å². The number of imidazole rings is 1. The molecule has 2 aromatic heterocycles. The number of hydrogen-bond acceptors (Lipinski definition) is 5. The van der Waals surface area contributed by atoms with E-state index in [0.717, 1.165) is 12.8 Å². The van der Waals surface area contributed by atoms with Crippen LogP contribution in [0.15, 0.2) is 67.0 Å². The molecule has 6 nitrogen and oxygen atoms in total. The number of aromatic nitrogens is 4. The molecule has 34 heavy (non-hydrogen) atoms. The molecule has 2 heterocycles. The average molecular weight is 452 g/mol. The van der Waals surface area contributed by atoms with Gasteiger partial charge in [-0.05, 0) is 42.2 Å². The fourth-order valence-corrected chi connectivity index (χ4v) is 4.82. The van der Waals surface area contributed by atoms with E-state index in [-0.39, 0.29) is 5.92 Å². The molecular formula is C28H29N5O. The molecule has 5 rings (SSSR count). The van der Waals surface area contributed by atoms with Gasteiger partial charge in [0.25, 0.3) is 0 Å². The summed E-state index contributed by atoms with van der Waals surface area (Å²) in [6, 6.07) is 20.9. The minimum absolute atomic E-state index is 0.144. The van der Waals surface area contributed by atoms with Gasteiger partial charge in [-0.2, -0.15) is 0 Å². The Morgan fingerprint density at radius 1 is 1.09 bits per heavy atom. The zero-order valence-electron chi connectivity index (χ0n) is 19.3. The zero-order valence-corrected chi connectivity index (χ0v) is 19.3. The average Bonchev–Trinajstić information content (AvgIpc) is 3.33. The number of aliphatic hydroxyl groups is 1. The van der Waals surface area contributed by atoms with Crippen molar-refractivity contribution >= 4 is 17.0 Å². The number of fused-ring (bicyclic) bond motifs is 1. The van der Waals surface area contributed by atoms with Gasteiger partial charge in [0.15, 0.2) is 11.5 Å². The minimum Gasteiger partial charge on any atom is -0.378 e. The molecule has 4 aromatic rings. The van der Waals surface area contributed by atoms with E-state index >= 15 is 0 Å². The molecule has 0 amide bonds. The number of H-pyrrole nitrogens is 1. The van der Waals surface area contributed by atoms with Crippen molar-refractivity contribution in [2.75, 3.05) is 11.9 Å². The highest BCUT2D eigenvalue weighted by molar-refractivity contribution is 5.82. The molecule has 1 aliphatic carbocycles. The van der Waals surface area contributed by atoms with E-state index in [2.05, 4.69) is 92.5 Å². The molecule has 2 unspecified atom stereocenters. The number of benzene rings is 2. The van der Waals surface area contributed by atoms with Gasteiger partial charge in [-0.15, -0.1) is 0 Å². The van der Waals surface area contributed by atoms with Crippen molar-refractivity contribution < 1.29 is 5.11 Å². The summed E-state index contributed by atoms with van der Waals surface area (Å²) in [6.07, 6.45) is 5.12. The van der Waals surface area contributed by atoms with E-state index in [9.17, 15) is 5.11 Å². The number of nitrogens with one attached hydrogen (secondary N) is 2. The van der Waals surface area contributed by atoms with Gasteiger partial charge in [-0.1, -0.05) is 79.9 Å². The first kappa shape index (κ1) is 22.1. The highest BCUT2D eigenvalue weighted by Crippen LogP contribution is 2.32. The smallest absolute Gasteiger partial charge is 0.209 e. The summed E-state index contributed by atoms with van der Waals surface area (Å²) in [6.45, 7) is 2.80. The van der Waals surface area contributed by atoms with Crippen molar-refractivity contribution in [3.8, 4) is 11.8 Å². The summed E-state index contributed by atoms with van der Waals surface area (Å²) in [4.78, 5) is 16.7. The number of anilines is 1. The fraction of sp³-hybridized carbons (Fsp3) is 0.321. The molecule has 1 saturated carbocycles. The first-order valence-electron chi connectivity index (χ1n) is 11.9. The number of hydrogen-bond donors (Lipinski definition) is 3. The van der Waals surface area contributed by atoms with Crippen LogP contribution in [0.4, 0.5) is 5.82 Å². The largest absolute Gasteiger partial charge is 0.378 e. The van der Waals surface area contributed by atoms with Crippen LogP contribution in [-0.2, 0) is 0 Å². The first-order valence-corrected chi connectivity index (χ1v) is 11.9. The van der Waals surface area contributed by atoms with E-state index in [1.54, 1.807) is 6.33 Å².